The van der Waals surface area contributed by atoms with E-state index in [1.54, 1.807) is 0 Å². The highest BCUT2D eigenvalue weighted by molar-refractivity contribution is 7.16. The Morgan fingerprint density at radius 2 is 2.38 bits per heavy atom. The third kappa shape index (κ3) is 1.83. The molecule has 0 spiro atoms. The molecule has 0 atom stereocenters. The molecule has 1 aromatic heterocycles. The van der Waals surface area contributed by atoms with Crippen molar-refractivity contribution in [1.29, 1.82) is 0 Å². The molecule has 0 aromatic carbocycles. The van der Waals surface area contributed by atoms with E-state index >= 15 is 0 Å². The van der Waals surface area contributed by atoms with Gasteiger partial charge < -0.3 is 11.1 Å². The van der Waals surface area contributed by atoms with Crippen LogP contribution in [-0.2, 0) is 0 Å². The molecule has 1 aliphatic carbocycles. The first kappa shape index (κ1) is 8.56. The summed E-state index contributed by atoms with van der Waals surface area (Å²) >= 11 is 1.46. The maximum Gasteiger partial charge on any atom is 0.254 e. The second kappa shape index (κ2) is 3.03. The van der Waals surface area contributed by atoms with E-state index in [0.29, 0.717) is 16.6 Å². The Balaban J connectivity index is 2.13. The molecule has 3 N–H and O–H groups in total. The van der Waals surface area contributed by atoms with Crippen molar-refractivity contribution in [2.75, 3.05) is 5.73 Å². The van der Waals surface area contributed by atoms with E-state index in [1.807, 2.05) is 13.0 Å². The first-order valence-electron chi connectivity index (χ1n) is 4.33. The zero-order chi connectivity index (χ0) is 9.42. The molecule has 0 unspecified atom stereocenters. The predicted octanol–water partition coefficient (Wildman–Crippen LogP) is 1.53. The molecule has 0 saturated heterocycles. The molecule has 1 heterocycles. The summed E-state index contributed by atoms with van der Waals surface area (Å²) in [5.41, 5.74) is 6.33. The maximum absolute atomic E-state index is 11.5. The summed E-state index contributed by atoms with van der Waals surface area (Å²) in [7, 11) is 0. The van der Waals surface area contributed by atoms with Gasteiger partial charge >= 0.3 is 0 Å². The second-order valence-corrected chi connectivity index (χ2v) is 4.67. The minimum Gasteiger partial charge on any atom is -0.390 e. The number of thiophene rings is 1. The predicted molar refractivity (Wildman–Crippen MR) is 54.0 cm³/mol. The zero-order valence-corrected chi connectivity index (χ0v) is 8.28. The fraction of sp³-hybridized carbons (Fsp3) is 0.444. The molecular formula is C9H12N2OS. The summed E-state index contributed by atoms with van der Waals surface area (Å²) in [5.74, 6) is -0.0237. The highest BCUT2D eigenvalue weighted by atomic mass is 32.1. The number of rotatable bonds is 2. The van der Waals surface area contributed by atoms with Gasteiger partial charge in [-0.2, -0.15) is 0 Å². The van der Waals surface area contributed by atoms with Gasteiger partial charge in [0.2, 0.25) is 0 Å². The van der Waals surface area contributed by atoms with Crippen molar-refractivity contribution in [3.8, 4) is 0 Å². The molecule has 2 rings (SSSR count). The monoisotopic (exact) mass is 196 g/mol. The standard InChI is InChI=1S/C9H12N2OS/c1-5-4-7(8(10)13-5)9(12)11-6-2-3-6/h4,6H,2-3,10H2,1H3,(H,11,12). The first-order chi connectivity index (χ1) is 6.16. The van der Waals surface area contributed by atoms with Crippen LogP contribution in [0.15, 0.2) is 6.07 Å². The molecule has 0 radical (unpaired) electrons. The van der Waals surface area contributed by atoms with Gasteiger partial charge in [-0.25, -0.2) is 0 Å². The van der Waals surface area contributed by atoms with Crippen molar-refractivity contribution in [1.82, 2.24) is 5.32 Å². The lowest BCUT2D eigenvalue weighted by molar-refractivity contribution is 0.0952. The Labute approximate surface area is 80.9 Å². The van der Waals surface area contributed by atoms with Crippen LogP contribution in [0, 0.1) is 6.92 Å². The molecule has 1 amide bonds. The van der Waals surface area contributed by atoms with E-state index in [9.17, 15) is 4.79 Å². The third-order valence-corrected chi connectivity index (χ3v) is 2.92. The average molecular weight is 196 g/mol. The molecule has 3 nitrogen and oxygen atoms in total. The second-order valence-electron chi connectivity index (χ2n) is 3.38. The van der Waals surface area contributed by atoms with Crippen molar-refractivity contribution in [2.45, 2.75) is 25.8 Å². The zero-order valence-electron chi connectivity index (χ0n) is 7.46. The molecule has 1 saturated carbocycles. The number of hydrogen-bond acceptors (Lipinski definition) is 3. The van der Waals surface area contributed by atoms with Crippen LogP contribution in [0.4, 0.5) is 5.00 Å². The first-order valence-corrected chi connectivity index (χ1v) is 5.15. The van der Waals surface area contributed by atoms with Gasteiger partial charge in [0, 0.05) is 10.9 Å². The molecule has 13 heavy (non-hydrogen) atoms. The number of nitrogens with two attached hydrogens (primary N) is 1. The minimum absolute atomic E-state index is 0.0237. The summed E-state index contributed by atoms with van der Waals surface area (Å²) in [6, 6.07) is 2.24. The number of carbonyl (C=O) groups is 1. The van der Waals surface area contributed by atoms with Crippen LogP contribution in [0.1, 0.15) is 28.1 Å². The topological polar surface area (TPSA) is 55.1 Å². The molecule has 0 aliphatic heterocycles. The number of amides is 1. The fourth-order valence-electron chi connectivity index (χ4n) is 1.20. The van der Waals surface area contributed by atoms with Gasteiger partial charge in [-0.3, -0.25) is 4.79 Å². The molecule has 70 valence electrons. The van der Waals surface area contributed by atoms with Crippen LogP contribution in [0.2, 0.25) is 0 Å². The Morgan fingerprint density at radius 3 is 2.85 bits per heavy atom. The van der Waals surface area contributed by atoms with E-state index in [-0.39, 0.29) is 5.91 Å². The van der Waals surface area contributed by atoms with E-state index in [1.165, 1.54) is 11.3 Å². The quantitative estimate of drug-likeness (QED) is 0.753. The van der Waals surface area contributed by atoms with Gasteiger partial charge in [-0.1, -0.05) is 0 Å². The Kier molecular flexibility index (Phi) is 2.00. The number of anilines is 1. The third-order valence-electron chi connectivity index (χ3n) is 2.04. The van der Waals surface area contributed by atoms with Crippen molar-refractivity contribution in [2.24, 2.45) is 0 Å². The molecule has 0 bridgehead atoms. The number of nitrogen functional groups attached to an aromatic ring is 1. The van der Waals surface area contributed by atoms with Crippen LogP contribution in [-0.4, -0.2) is 11.9 Å². The minimum atomic E-state index is -0.0237. The summed E-state index contributed by atoms with van der Waals surface area (Å²) in [5, 5.41) is 3.53. The maximum atomic E-state index is 11.5. The van der Waals surface area contributed by atoms with Gasteiger partial charge in [0.15, 0.2) is 0 Å². The highest BCUT2D eigenvalue weighted by Crippen LogP contribution is 2.25. The van der Waals surface area contributed by atoms with E-state index in [4.69, 9.17) is 5.73 Å². The normalized spacial score (nSPS) is 15.8. The number of nitrogens with one attached hydrogen (secondary N) is 1. The fourth-order valence-corrected chi connectivity index (χ4v) is 1.99. The Bertz CT molecular complexity index is 341. The molecule has 1 aliphatic rings. The number of aryl methyl sites for hydroxylation is 1. The van der Waals surface area contributed by atoms with Crippen molar-refractivity contribution in [3.05, 3.63) is 16.5 Å². The van der Waals surface area contributed by atoms with Crippen LogP contribution in [0.5, 0.6) is 0 Å². The van der Waals surface area contributed by atoms with Crippen molar-refractivity contribution < 1.29 is 4.79 Å². The van der Waals surface area contributed by atoms with E-state index < -0.39 is 0 Å². The van der Waals surface area contributed by atoms with Gasteiger partial charge in [0.05, 0.1) is 10.6 Å². The largest absolute Gasteiger partial charge is 0.390 e. The van der Waals surface area contributed by atoms with Crippen LogP contribution >= 0.6 is 11.3 Å². The molecule has 1 fully saturated rings. The highest BCUT2D eigenvalue weighted by Gasteiger charge is 2.25. The van der Waals surface area contributed by atoms with Crippen LogP contribution in [0.25, 0.3) is 0 Å². The molecule has 1 aromatic rings. The lowest BCUT2D eigenvalue weighted by Crippen LogP contribution is -2.25. The SMILES string of the molecule is Cc1cc(C(=O)NC2CC2)c(N)s1. The summed E-state index contributed by atoms with van der Waals surface area (Å²) in [6.07, 6.45) is 2.21. The van der Waals surface area contributed by atoms with Gasteiger partial charge in [-0.15, -0.1) is 11.3 Å². The van der Waals surface area contributed by atoms with Gasteiger partial charge in [-0.05, 0) is 25.8 Å². The molecular weight excluding hydrogens is 184 g/mol. The summed E-state index contributed by atoms with van der Waals surface area (Å²) in [4.78, 5) is 12.6. The van der Waals surface area contributed by atoms with Gasteiger partial charge in [0.25, 0.3) is 5.91 Å². The van der Waals surface area contributed by atoms with Crippen LogP contribution in [0.3, 0.4) is 0 Å². The number of hydrogen-bond donors (Lipinski definition) is 2. The van der Waals surface area contributed by atoms with Crippen molar-refractivity contribution >= 4 is 22.2 Å². The van der Waals surface area contributed by atoms with Crippen LogP contribution < -0.4 is 11.1 Å². The van der Waals surface area contributed by atoms with Gasteiger partial charge in [0.1, 0.15) is 0 Å². The summed E-state index contributed by atoms with van der Waals surface area (Å²) < 4.78 is 0. The average Bonchev–Trinajstić information content (AvgIpc) is 2.77. The molecule has 4 heteroatoms. The smallest absolute Gasteiger partial charge is 0.254 e. The lowest BCUT2D eigenvalue weighted by Gasteiger charge is -2.00. The van der Waals surface area contributed by atoms with E-state index in [2.05, 4.69) is 5.32 Å². The Hall–Kier alpha value is -1.03. The lowest BCUT2D eigenvalue weighted by atomic mass is 10.3. The summed E-state index contributed by atoms with van der Waals surface area (Å²) in [6.45, 7) is 1.95. The number of carbonyl (C=O) groups excluding carboxylic acids is 1. The van der Waals surface area contributed by atoms with E-state index in [0.717, 1.165) is 17.7 Å². The Morgan fingerprint density at radius 1 is 1.69 bits per heavy atom. The van der Waals surface area contributed by atoms with Crippen molar-refractivity contribution in [3.63, 3.8) is 0 Å².